The third-order valence-corrected chi connectivity index (χ3v) is 2.83. The van der Waals surface area contributed by atoms with Gasteiger partial charge in [0.2, 0.25) is 0 Å². The van der Waals surface area contributed by atoms with Crippen molar-refractivity contribution in [2.24, 2.45) is 0 Å². The van der Waals surface area contributed by atoms with Gasteiger partial charge in [-0.05, 0) is 23.7 Å². The second-order valence-corrected chi connectivity index (χ2v) is 4.04. The fraction of sp³-hybridized carbons (Fsp3) is 0.200. The molecule has 0 aromatic heterocycles. The Labute approximate surface area is 114 Å². The summed E-state index contributed by atoms with van der Waals surface area (Å²) in [5, 5.41) is 13.5. The van der Waals surface area contributed by atoms with E-state index < -0.39 is 6.10 Å². The molecular formula is C15H18ClNO. The molecule has 2 rings (SSSR count). The van der Waals surface area contributed by atoms with E-state index in [0.717, 1.165) is 23.2 Å². The number of hydrogen-bond acceptors (Lipinski definition) is 2. The maximum atomic E-state index is 10.4. The van der Waals surface area contributed by atoms with Gasteiger partial charge in [0.25, 0.3) is 0 Å². The van der Waals surface area contributed by atoms with E-state index in [1.54, 1.807) is 0 Å². The molecule has 3 heteroatoms. The summed E-state index contributed by atoms with van der Waals surface area (Å²) >= 11 is 0. The van der Waals surface area contributed by atoms with E-state index in [9.17, 15) is 5.11 Å². The van der Waals surface area contributed by atoms with Crippen molar-refractivity contribution in [3.05, 3.63) is 71.3 Å². The van der Waals surface area contributed by atoms with Gasteiger partial charge in [0.1, 0.15) is 6.10 Å². The lowest BCUT2D eigenvalue weighted by Crippen LogP contribution is -2.10. The normalized spacial score (nSPS) is 11.7. The Hall–Kier alpha value is -1.35. The van der Waals surface area contributed by atoms with Crippen LogP contribution in [0.5, 0.6) is 0 Å². The van der Waals surface area contributed by atoms with Gasteiger partial charge in [-0.1, -0.05) is 54.6 Å². The molecule has 2 nitrogen and oxygen atoms in total. The first kappa shape index (κ1) is 14.7. The first-order valence-corrected chi connectivity index (χ1v) is 5.78. The van der Waals surface area contributed by atoms with Gasteiger partial charge < -0.3 is 10.4 Å². The average Bonchev–Trinajstić information content (AvgIpc) is 2.40. The van der Waals surface area contributed by atoms with Crippen LogP contribution in [-0.4, -0.2) is 12.2 Å². The molecule has 0 bridgehead atoms. The first-order chi connectivity index (χ1) is 8.33. The van der Waals surface area contributed by atoms with Crippen LogP contribution in [0.2, 0.25) is 0 Å². The zero-order valence-corrected chi connectivity index (χ0v) is 11.2. The van der Waals surface area contributed by atoms with Crippen molar-refractivity contribution in [2.45, 2.75) is 12.6 Å². The van der Waals surface area contributed by atoms with Crippen molar-refractivity contribution < 1.29 is 5.11 Å². The summed E-state index contributed by atoms with van der Waals surface area (Å²) < 4.78 is 0. The molecule has 0 fully saturated rings. The summed E-state index contributed by atoms with van der Waals surface area (Å²) in [7, 11) is 1.91. The number of aliphatic hydroxyl groups is 1. The van der Waals surface area contributed by atoms with Crippen LogP contribution in [0.25, 0.3) is 0 Å². The molecule has 96 valence electrons. The number of benzene rings is 2. The van der Waals surface area contributed by atoms with Crippen LogP contribution in [0.1, 0.15) is 22.8 Å². The highest BCUT2D eigenvalue weighted by Crippen LogP contribution is 2.24. The lowest BCUT2D eigenvalue weighted by molar-refractivity contribution is 0.219. The molecular weight excluding hydrogens is 246 g/mol. The second-order valence-electron chi connectivity index (χ2n) is 4.04. The summed E-state index contributed by atoms with van der Waals surface area (Å²) in [6.45, 7) is 0.764. The van der Waals surface area contributed by atoms with Gasteiger partial charge in [0.15, 0.2) is 0 Å². The minimum Gasteiger partial charge on any atom is -0.384 e. The fourth-order valence-electron chi connectivity index (χ4n) is 1.97. The predicted molar refractivity (Wildman–Crippen MR) is 77.0 cm³/mol. The number of aliphatic hydroxyl groups excluding tert-OH is 1. The van der Waals surface area contributed by atoms with Gasteiger partial charge in [-0.3, -0.25) is 0 Å². The topological polar surface area (TPSA) is 32.3 Å². The molecule has 0 heterocycles. The minimum atomic E-state index is -0.555. The molecule has 0 saturated carbocycles. The quantitative estimate of drug-likeness (QED) is 0.889. The van der Waals surface area contributed by atoms with Gasteiger partial charge in [-0.15, -0.1) is 12.4 Å². The summed E-state index contributed by atoms with van der Waals surface area (Å²) in [4.78, 5) is 0. The van der Waals surface area contributed by atoms with Crippen LogP contribution in [-0.2, 0) is 6.54 Å². The molecule has 1 atom stereocenters. The van der Waals surface area contributed by atoms with Crippen LogP contribution in [0.3, 0.4) is 0 Å². The van der Waals surface area contributed by atoms with E-state index in [4.69, 9.17) is 0 Å². The van der Waals surface area contributed by atoms with Crippen LogP contribution in [0.15, 0.2) is 54.6 Å². The Morgan fingerprint density at radius 1 is 1.00 bits per heavy atom. The van der Waals surface area contributed by atoms with Crippen LogP contribution in [0, 0.1) is 0 Å². The number of nitrogens with one attached hydrogen (secondary N) is 1. The van der Waals surface area contributed by atoms with E-state index in [1.807, 2.05) is 61.6 Å². The van der Waals surface area contributed by atoms with Crippen molar-refractivity contribution in [2.75, 3.05) is 7.05 Å². The lowest BCUT2D eigenvalue weighted by atomic mass is 9.97. The number of rotatable bonds is 4. The molecule has 0 saturated heterocycles. The highest BCUT2D eigenvalue weighted by atomic mass is 35.5. The van der Waals surface area contributed by atoms with Crippen LogP contribution >= 0.6 is 12.4 Å². The van der Waals surface area contributed by atoms with Crippen molar-refractivity contribution in [3.63, 3.8) is 0 Å². The Morgan fingerprint density at radius 2 is 1.61 bits per heavy atom. The Morgan fingerprint density at radius 3 is 2.28 bits per heavy atom. The second kappa shape index (κ2) is 7.17. The summed E-state index contributed by atoms with van der Waals surface area (Å²) in [5.74, 6) is 0. The van der Waals surface area contributed by atoms with Gasteiger partial charge in [0, 0.05) is 6.54 Å². The highest BCUT2D eigenvalue weighted by Gasteiger charge is 2.12. The molecule has 18 heavy (non-hydrogen) atoms. The Kier molecular flexibility index (Phi) is 5.86. The molecule has 0 amide bonds. The molecule has 1 unspecified atom stereocenters. The predicted octanol–water partition coefficient (Wildman–Crippen LogP) is 2.91. The van der Waals surface area contributed by atoms with Gasteiger partial charge in [-0.2, -0.15) is 0 Å². The van der Waals surface area contributed by atoms with Crippen molar-refractivity contribution >= 4 is 12.4 Å². The molecule has 0 radical (unpaired) electrons. The monoisotopic (exact) mass is 263 g/mol. The van der Waals surface area contributed by atoms with Crippen molar-refractivity contribution in [3.8, 4) is 0 Å². The summed E-state index contributed by atoms with van der Waals surface area (Å²) in [6, 6.07) is 17.7. The molecule has 0 aliphatic heterocycles. The molecule has 2 aromatic rings. The number of hydrogen-bond donors (Lipinski definition) is 2. The minimum absolute atomic E-state index is 0. The number of halogens is 1. The summed E-state index contributed by atoms with van der Waals surface area (Å²) in [5.41, 5.74) is 3.02. The Bertz CT molecular complexity index is 473. The molecule has 2 N–H and O–H groups in total. The third kappa shape index (κ3) is 3.33. The van der Waals surface area contributed by atoms with Crippen LogP contribution in [0.4, 0.5) is 0 Å². The fourth-order valence-corrected chi connectivity index (χ4v) is 1.97. The zero-order valence-electron chi connectivity index (χ0n) is 10.3. The molecule has 0 spiro atoms. The largest absolute Gasteiger partial charge is 0.384 e. The first-order valence-electron chi connectivity index (χ1n) is 5.78. The molecule has 2 aromatic carbocycles. The summed E-state index contributed by atoms with van der Waals surface area (Å²) in [6.07, 6.45) is -0.555. The maximum absolute atomic E-state index is 10.4. The smallest absolute Gasteiger partial charge is 0.104 e. The van der Waals surface area contributed by atoms with Crippen LogP contribution < -0.4 is 5.32 Å². The van der Waals surface area contributed by atoms with E-state index >= 15 is 0 Å². The van der Waals surface area contributed by atoms with Gasteiger partial charge in [0.05, 0.1) is 0 Å². The van der Waals surface area contributed by atoms with Crippen molar-refractivity contribution in [1.82, 2.24) is 5.32 Å². The standard InChI is InChI=1S/C15H17NO.ClH/c1-16-11-13-9-5-6-10-14(13)15(17)12-7-3-2-4-8-12;/h2-10,15-17H,11H2,1H3;1H. The van der Waals surface area contributed by atoms with E-state index in [1.165, 1.54) is 0 Å². The van der Waals surface area contributed by atoms with E-state index in [0.29, 0.717) is 0 Å². The van der Waals surface area contributed by atoms with E-state index in [-0.39, 0.29) is 12.4 Å². The SMILES string of the molecule is CNCc1ccccc1C(O)c1ccccc1.Cl. The van der Waals surface area contributed by atoms with Gasteiger partial charge >= 0.3 is 0 Å². The Balaban J connectivity index is 0.00000162. The zero-order chi connectivity index (χ0) is 12.1. The van der Waals surface area contributed by atoms with Gasteiger partial charge in [-0.25, -0.2) is 0 Å². The molecule has 0 aliphatic carbocycles. The molecule has 0 aliphatic rings. The third-order valence-electron chi connectivity index (χ3n) is 2.83. The van der Waals surface area contributed by atoms with Crippen molar-refractivity contribution in [1.29, 1.82) is 0 Å². The maximum Gasteiger partial charge on any atom is 0.104 e. The highest BCUT2D eigenvalue weighted by molar-refractivity contribution is 5.85. The van der Waals surface area contributed by atoms with E-state index in [2.05, 4.69) is 5.32 Å². The lowest BCUT2D eigenvalue weighted by Gasteiger charge is -2.15. The average molecular weight is 264 g/mol.